The van der Waals surface area contributed by atoms with E-state index >= 15 is 0 Å². The summed E-state index contributed by atoms with van der Waals surface area (Å²) in [6, 6.07) is 15.4. The first-order valence-electron chi connectivity index (χ1n) is 7.54. The Bertz CT molecular complexity index is 554. The number of methoxy groups -OCH3 is 2. The Morgan fingerprint density at radius 1 is 0.696 bits per heavy atom. The smallest absolute Gasteiger partial charge is 0.119 e. The van der Waals surface area contributed by atoms with Crippen LogP contribution in [0.1, 0.15) is 0 Å². The molecule has 23 heavy (non-hydrogen) atoms. The van der Waals surface area contributed by atoms with Crippen molar-refractivity contribution < 1.29 is 18.9 Å². The van der Waals surface area contributed by atoms with Gasteiger partial charge in [-0.05, 0) is 48.5 Å². The molecule has 0 aliphatic heterocycles. The lowest BCUT2D eigenvalue weighted by molar-refractivity contribution is 0.146. The van der Waals surface area contributed by atoms with Gasteiger partial charge in [-0.1, -0.05) is 0 Å². The van der Waals surface area contributed by atoms with Crippen molar-refractivity contribution in [1.82, 2.24) is 0 Å². The van der Waals surface area contributed by atoms with E-state index in [1.54, 1.807) is 14.2 Å². The number of benzene rings is 2. The van der Waals surface area contributed by atoms with E-state index in [2.05, 4.69) is 5.32 Å². The standard InChI is InChI=1S/C18H23NO4/c1-20-13-14-23-17-5-3-15(4-6-17)19-11-12-22-18-9-7-16(21-2)8-10-18/h3-10,19H,11-14H2,1-2H3. The number of hydrogen-bond acceptors (Lipinski definition) is 5. The van der Waals surface area contributed by atoms with E-state index < -0.39 is 0 Å². The van der Waals surface area contributed by atoms with Gasteiger partial charge in [0, 0.05) is 19.3 Å². The van der Waals surface area contributed by atoms with Crippen LogP contribution < -0.4 is 19.5 Å². The molecule has 0 atom stereocenters. The fourth-order valence-corrected chi connectivity index (χ4v) is 1.95. The van der Waals surface area contributed by atoms with Gasteiger partial charge in [-0.25, -0.2) is 0 Å². The Labute approximate surface area is 137 Å². The molecule has 0 aliphatic carbocycles. The number of anilines is 1. The molecule has 0 radical (unpaired) electrons. The molecule has 0 aliphatic rings. The normalized spacial score (nSPS) is 10.2. The van der Waals surface area contributed by atoms with Crippen LogP contribution in [0.25, 0.3) is 0 Å². The van der Waals surface area contributed by atoms with Gasteiger partial charge in [0.25, 0.3) is 0 Å². The molecule has 124 valence electrons. The molecule has 0 fully saturated rings. The summed E-state index contributed by atoms with van der Waals surface area (Å²) in [5, 5.41) is 3.30. The molecule has 0 bridgehead atoms. The Morgan fingerprint density at radius 3 is 1.87 bits per heavy atom. The van der Waals surface area contributed by atoms with Crippen molar-refractivity contribution in [3.05, 3.63) is 48.5 Å². The maximum absolute atomic E-state index is 5.66. The van der Waals surface area contributed by atoms with E-state index in [-0.39, 0.29) is 0 Å². The second kappa shape index (κ2) is 9.58. The van der Waals surface area contributed by atoms with Crippen molar-refractivity contribution in [2.24, 2.45) is 0 Å². The Balaban J connectivity index is 1.67. The highest BCUT2D eigenvalue weighted by Crippen LogP contribution is 2.17. The van der Waals surface area contributed by atoms with Crippen LogP contribution in [0.5, 0.6) is 17.2 Å². The third-order valence-corrected chi connectivity index (χ3v) is 3.17. The zero-order valence-corrected chi connectivity index (χ0v) is 13.6. The zero-order chi connectivity index (χ0) is 16.3. The quantitative estimate of drug-likeness (QED) is 0.682. The molecule has 2 rings (SSSR count). The van der Waals surface area contributed by atoms with E-state index in [4.69, 9.17) is 18.9 Å². The summed E-state index contributed by atoms with van der Waals surface area (Å²) >= 11 is 0. The molecule has 5 nitrogen and oxygen atoms in total. The minimum absolute atomic E-state index is 0.555. The van der Waals surface area contributed by atoms with Crippen molar-refractivity contribution in [1.29, 1.82) is 0 Å². The summed E-state index contributed by atoms with van der Waals surface area (Å²) in [7, 11) is 3.30. The first kappa shape index (κ1) is 17.0. The van der Waals surface area contributed by atoms with Gasteiger partial charge in [-0.3, -0.25) is 0 Å². The summed E-state index contributed by atoms with van der Waals surface area (Å²) in [6.07, 6.45) is 0. The highest BCUT2D eigenvalue weighted by molar-refractivity contribution is 5.46. The van der Waals surface area contributed by atoms with Crippen LogP contribution in [0.2, 0.25) is 0 Å². The summed E-state index contributed by atoms with van der Waals surface area (Å²) < 4.78 is 21.2. The average molecular weight is 317 g/mol. The number of nitrogens with one attached hydrogen (secondary N) is 1. The molecule has 0 spiro atoms. The molecule has 2 aromatic carbocycles. The lowest BCUT2D eigenvalue weighted by atomic mass is 10.3. The monoisotopic (exact) mass is 317 g/mol. The fraction of sp³-hybridized carbons (Fsp3) is 0.333. The summed E-state index contributed by atoms with van der Waals surface area (Å²) in [4.78, 5) is 0. The Morgan fingerprint density at radius 2 is 1.26 bits per heavy atom. The molecule has 0 amide bonds. The second-order valence-electron chi connectivity index (χ2n) is 4.82. The van der Waals surface area contributed by atoms with E-state index in [0.29, 0.717) is 19.8 Å². The Kier molecular flexibility index (Phi) is 7.07. The topological polar surface area (TPSA) is 49.0 Å². The van der Waals surface area contributed by atoms with Gasteiger partial charge in [0.2, 0.25) is 0 Å². The molecule has 2 aromatic rings. The predicted octanol–water partition coefficient (Wildman–Crippen LogP) is 3.21. The molecule has 0 saturated heterocycles. The molecule has 0 saturated carbocycles. The minimum Gasteiger partial charge on any atom is -0.497 e. The van der Waals surface area contributed by atoms with Gasteiger partial charge < -0.3 is 24.3 Å². The fourth-order valence-electron chi connectivity index (χ4n) is 1.95. The largest absolute Gasteiger partial charge is 0.497 e. The Hall–Kier alpha value is -2.40. The maximum Gasteiger partial charge on any atom is 0.119 e. The van der Waals surface area contributed by atoms with Crippen LogP contribution in [0.15, 0.2) is 48.5 Å². The van der Waals surface area contributed by atoms with Gasteiger partial charge in [-0.15, -0.1) is 0 Å². The third-order valence-electron chi connectivity index (χ3n) is 3.17. The number of hydrogen-bond donors (Lipinski definition) is 1. The number of ether oxygens (including phenoxy) is 4. The van der Waals surface area contributed by atoms with Crippen molar-refractivity contribution in [3.63, 3.8) is 0 Å². The molecule has 0 unspecified atom stereocenters. The summed E-state index contributed by atoms with van der Waals surface area (Å²) in [5.41, 5.74) is 1.03. The predicted molar refractivity (Wildman–Crippen MR) is 90.8 cm³/mol. The van der Waals surface area contributed by atoms with Crippen molar-refractivity contribution in [2.75, 3.05) is 45.9 Å². The highest BCUT2D eigenvalue weighted by Gasteiger charge is 1.97. The first-order chi connectivity index (χ1) is 11.3. The van der Waals surface area contributed by atoms with Gasteiger partial charge in [0.1, 0.15) is 30.5 Å². The molecule has 0 heterocycles. The van der Waals surface area contributed by atoms with Gasteiger partial charge in [0.05, 0.1) is 13.7 Å². The average Bonchev–Trinajstić information content (AvgIpc) is 2.61. The summed E-state index contributed by atoms with van der Waals surface area (Å²) in [5.74, 6) is 2.49. The zero-order valence-electron chi connectivity index (χ0n) is 13.6. The molecule has 1 N–H and O–H groups in total. The van der Waals surface area contributed by atoms with Gasteiger partial charge in [-0.2, -0.15) is 0 Å². The third kappa shape index (κ3) is 6.08. The van der Waals surface area contributed by atoms with Crippen LogP contribution in [-0.4, -0.2) is 40.6 Å². The van der Waals surface area contributed by atoms with E-state index in [1.807, 2.05) is 48.5 Å². The molecule has 5 heteroatoms. The van der Waals surface area contributed by atoms with Gasteiger partial charge >= 0.3 is 0 Å². The van der Waals surface area contributed by atoms with Crippen LogP contribution >= 0.6 is 0 Å². The summed E-state index contributed by atoms with van der Waals surface area (Å²) in [6.45, 7) is 2.44. The van der Waals surface area contributed by atoms with E-state index in [1.165, 1.54) is 0 Å². The van der Waals surface area contributed by atoms with Crippen molar-refractivity contribution in [3.8, 4) is 17.2 Å². The second-order valence-corrected chi connectivity index (χ2v) is 4.82. The van der Waals surface area contributed by atoms with Crippen LogP contribution in [0, 0.1) is 0 Å². The van der Waals surface area contributed by atoms with Crippen LogP contribution in [0.4, 0.5) is 5.69 Å². The van der Waals surface area contributed by atoms with Crippen LogP contribution in [0.3, 0.4) is 0 Å². The highest BCUT2D eigenvalue weighted by atomic mass is 16.5. The lowest BCUT2D eigenvalue weighted by Crippen LogP contribution is -2.11. The maximum atomic E-state index is 5.66. The molecular formula is C18H23NO4. The first-order valence-corrected chi connectivity index (χ1v) is 7.54. The van der Waals surface area contributed by atoms with Crippen LogP contribution in [-0.2, 0) is 4.74 Å². The molecule has 0 aromatic heterocycles. The minimum atomic E-state index is 0.555. The van der Waals surface area contributed by atoms with E-state index in [0.717, 1.165) is 29.5 Å². The van der Waals surface area contributed by atoms with Crippen molar-refractivity contribution in [2.45, 2.75) is 0 Å². The van der Waals surface area contributed by atoms with Crippen molar-refractivity contribution >= 4 is 5.69 Å². The van der Waals surface area contributed by atoms with Gasteiger partial charge in [0.15, 0.2) is 0 Å². The molecular weight excluding hydrogens is 294 g/mol. The van der Waals surface area contributed by atoms with E-state index in [9.17, 15) is 0 Å². The number of rotatable bonds is 10. The SMILES string of the molecule is COCCOc1ccc(NCCOc2ccc(OC)cc2)cc1. The lowest BCUT2D eigenvalue weighted by Gasteiger charge is -2.10.